The van der Waals surface area contributed by atoms with Gasteiger partial charge < -0.3 is 4.89 Å². The first kappa shape index (κ1) is 14.2. The molecule has 0 aliphatic heterocycles. The van der Waals surface area contributed by atoms with Gasteiger partial charge >= 0.3 is 14.0 Å². The van der Waals surface area contributed by atoms with Crippen molar-refractivity contribution in [3.05, 3.63) is 35.9 Å². The Morgan fingerprint density at radius 2 is 1.76 bits per heavy atom. The predicted molar refractivity (Wildman–Crippen MR) is 53.1 cm³/mol. The van der Waals surface area contributed by atoms with Crippen molar-refractivity contribution >= 4 is 7.82 Å². The van der Waals surface area contributed by atoms with Crippen LogP contribution in [-0.2, 0) is 20.2 Å². The summed E-state index contributed by atoms with van der Waals surface area (Å²) in [6.07, 6.45) is -4.67. The largest absolute Gasteiger partial charge is 0.472 e. The summed E-state index contributed by atoms with van der Waals surface area (Å²) in [7, 11) is -4.67. The molecule has 0 heterocycles. The normalized spacial score (nSPS) is 15.5. The Hall–Kier alpha value is -0.880. The lowest BCUT2D eigenvalue weighted by Crippen LogP contribution is -2.16. The average Bonchev–Trinajstić information content (AvgIpc) is 2.25. The molecular formula is C9H10F3O4P. The van der Waals surface area contributed by atoms with Crippen LogP contribution in [0.5, 0.6) is 0 Å². The van der Waals surface area contributed by atoms with E-state index in [4.69, 9.17) is 4.89 Å². The maximum Gasteiger partial charge on any atom is 0.472 e. The zero-order valence-electron chi connectivity index (χ0n) is 8.55. The van der Waals surface area contributed by atoms with Crippen molar-refractivity contribution in [1.29, 1.82) is 0 Å². The second kappa shape index (κ2) is 5.64. The first-order chi connectivity index (χ1) is 7.79. The van der Waals surface area contributed by atoms with Crippen LogP contribution in [0, 0.1) is 0 Å². The summed E-state index contributed by atoms with van der Waals surface area (Å²) in [5.74, 6) is 0. The topological polar surface area (TPSA) is 55.8 Å². The van der Waals surface area contributed by atoms with Gasteiger partial charge in [0.05, 0.1) is 6.61 Å². The summed E-state index contributed by atoms with van der Waals surface area (Å²) >= 11 is 0. The summed E-state index contributed by atoms with van der Waals surface area (Å²) in [6.45, 7) is -2.12. The van der Waals surface area contributed by atoms with E-state index in [1.165, 1.54) is 0 Å². The van der Waals surface area contributed by atoms with E-state index in [0.29, 0.717) is 5.56 Å². The molecule has 0 amide bonds. The summed E-state index contributed by atoms with van der Waals surface area (Å²) in [5.41, 5.74) is 0.553. The quantitative estimate of drug-likeness (QED) is 0.836. The molecule has 1 rings (SSSR count). The molecule has 0 aliphatic rings. The molecule has 0 fully saturated rings. The summed E-state index contributed by atoms with van der Waals surface area (Å²) < 4.78 is 54.4. The third-order valence-corrected chi connectivity index (χ3v) is 2.54. The second-order valence-electron chi connectivity index (χ2n) is 3.12. The van der Waals surface area contributed by atoms with E-state index in [1.807, 2.05) is 0 Å². The SMILES string of the molecule is O=P(O)(OCc1ccccc1)OCC(F)(F)F. The van der Waals surface area contributed by atoms with Crippen molar-refractivity contribution in [2.75, 3.05) is 6.61 Å². The second-order valence-corrected chi connectivity index (χ2v) is 4.57. The number of benzene rings is 1. The maximum absolute atomic E-state index is 11.7. The van der Waals surface area contributed by atoms with Gasteiger partial charge in [0, 0.05) is 0 Å². The number of alkyl halides is 3. The van der Waals surface area contributed by atoms with E-state index in [9.17, 15) is 17.7 Å². The molecule has 0 saturated heterocycles. The minimum atomic E-state index is -4.67. The number of phosphoric acid groups is 1. The molecule has 0 aromatic heterocycles. The van der Waals surface area contributed by atoms with Gasteiger partial charge in [-0.2, -0.15) is 13.2 Å². The highest BCUT2D eigenvalue weighted by atomic mass is 31.2. The fourth-order valence-electron chi connectivity index (χ4n) is 0.922. The van der Waals surface area contributed by atoms with E-state index in [2.05, 4.69) is 9.05 Å². The molecule has 1 unspecified atom stereocenters. The van der Waals surface area contributed by atoms with E-state index in [0.717, 1.165) is 0 Å². The Balaban J connectivity index is 2.42. The smallest absolute Gasteiger partial charge is 0.302 e. The van der Waals surface area contributed by atoms with Crippen LogP contribution in [0.3, 0.4) is 0 Å². The third-order valence-electron chi connectivity index (χ3n) is 1.63. The molecule has 1 N–H and O–H groups in total. The summed E-state index contributed by atoms with van der Waals surface area (Å²) in [6, 6.07) is 8.25. The number of hydrogen-bond acceptors (Lipinski definition) is 3. The Morgan fingerprint density at radius 1 is 1.18 bits per heavy atom. The average molecular weight is 270 g/mol. The standard InChI is InChI=1S/C9H10F3O4P/c10-9(11,12)7-16-17(13,14)15-6-8-4-2-1-3-5-8/h1-5H,6-7H2,(H,13,14). The van der Waals surface area contributed by atoms with E-state index < -0.39 is 20.6 Å². The number of rotatable bonds is 5. The zero-order valence-corrected chi connectivity index (χ0v) is 9.45. The first-order valence-corrected chi connectivity index (χ1v) is 6.01. The molecule has 4 nitrogen and oxygen atoms in total. The van der Waals surface area contributed by atoms with Crippen molar-refractivity contribution in [2.45, 2.75) is 12.8 Å². The van der Waals surface area contributed by atoms with Crippen LogP contribution in [0.4, 0.5) is 13.2 Å². The zero-order chi connectivity index (χ0) is 12.9. The molecular weight excluding hydrogens is 260 g/mol. The van der Waals surface area contributed by atoms with Gasteiger partial charge in [-0.15, -0.1) is 0 Å². The van der Waals surface area contributed by atoms with Crippen molar-refractivity contribution < 1.29 is 31.7 Å². The number of hydrogen-bond donors (Lipinski definition) is 1. The summed E-state index contributed by atoms with van der Waals surface area (Å²) in [5, 5.41) is 0. The number of halogens is 3. The van der Waals surface area contributed by atoms with Gasteiger partial charge in [0.2, 0.25) is 0 Å². The highest BCUT2D eigenvalue weighted by molar-refractivity contribution is 7.47. The lowest BCUT2D eigenvalue weighted by Gasteiger charge is -2.13. The molecule has 0 saturated carbocycles. The van der Waals surface area contributed by atoms with Crippen LogP contribution in [-0.4, -0.2) is 17.7 Å². The Kier molecular flexibility index (Phi) is 4.70. The van der Waals surface area contributed by atoms with Gasteiger partial charge in [-0.25, -0.2) is 4.57 Å². The molecule has 1 aromatic carbocycles. The van der Waals surface area contributed by atoms with Gasteiger partial charge in [0.15, 0.2) is 6.61 Å². The van der Waals surface area contributed by atoms with Gasteiger partial charge in [0.1, 0.15) is 0 Å². The van der Waals surface area contributed by atoms with Gasteiger partial charge in [0.25, 0.3) is 0 Å². The van der Waals surface area contributed by atoms with Gasteiger partial charge in [-0.3, -0.25) is 9.05 Å². The van der Waals surface area contributed by atoms with Crippen molar-refractivity contribution in [3.63, 3.8) is 0 Å². The Labute approximate surface area is 95.6 Å². The van der Waals surface area contributed by atoms with Crippen LogP contribution in [0.2, 0.25) is 0 Å². The van der Waals surface area contributed by atoms with Gasteiger partial charge in [-0.05, 0) is 5.56 Å². The molecule has 8 heteroatoms. The molecule has 1 atom stereocenters. The highest BCUT2D eigenvalue weighted by Gasteiger charge is 2.33. The molecule has 0 spiro atoms. The molecule has 0 aliphatic carbocycles. The molecule has 0 bridgehead atoms. The molecule has 96 valence electrons. The van der Waals surface area contributed by atoms with Crippen LogP contribution in [0.15, 0.2) is 30.3 Å². The fourth-order valence-corrected chi connectivity index (χ4v) is 1.62. The van der Waals surface area contributed by atoms with Crippen molar-refractivity contribution in [3.8, 4) is 0 Å². The van der Waals surface area contributed by atoms with Crippen LogP contribution in [0.25, 0.3) is 0 Å². The Bertz CT molecular complexity index is 393. The van der Waals surface area contributed by atoms with Gasteiger partial charge in [-0.1, -0.05) is 30.3 Å². The monoisotopic (exact) mass is 270 g/mol. The minimum absolute atomic E-state index is 0.299. The Morgan fingerprint density at radius 3 is 2.29 bits per heavy atom. The van der Waals surface area contributed by atoms with E-state index in [1.54, 1.807) is 30.3 Å². The predicted octanol–water partition coefficient (Wildman–Crippen LogP) is 2.88. The maximum atomic E-state index is 11.7. The lowest BCUT2D eigenvalue weighted by molar-refractivity contribution is -0.157. The number of phosphoric ester groups is 1. The fraction of sp³-hybridized carbons (Fsp3) is 0.333. The first-order valence-electron chi connectivity index (χ1n) is 4.51. The lowest BCUT2D eigenvalue weighted by atomic mass is 10.2. The van der Waals surface area contributed by atoms with Crippen LogP contribution < -0.4 is 0 Å². The van der Waals surface area contributed by atoms with E-state index >= 15 is 0 Å². The summed E-state index contributed by atoms with van der Waals surface area (Å²) in [4.78, 5) is 8.95. The van der Waals surface area contributed by atoms with Crippen LogP contribution in [0.1, 0.15) is 5.56 Å². The van der Waals surface area contributed by atoms with E-state index in [-0.39, 0.29) is 6.61 Å². The van der Waals surface area contributed by atoms with Crippen molar-refractivity contribution in [1.82, 2.24) is 0 Å². The van der Waals surface area contributed by atoms with Crippen molar-refractivity contribution in [2.24, 2.45) is 0 Å². The molecule has 1 aromatic rings. The third kappa shape index (κ3) is 6.43. The van der Waals surface area contributed by atoms with Crippen LogP contribution >= 0.6 is 7.82 Å². The highest BCUT2D eigenvalue weighted by Crippen LogP contribution is 2.45. The minimum Gasteiger partial charge on any atom is -0.302 e. The molecule has 0 radical (unpaired) electrons. The molecule has 17 heavy (non-hydrogen) atoms.